The van der Waals surface area contributed by atoms with Gasteiger partial charge in [-0.25, -0.2) is 0 Å². The molecule has 0 atom stereocenters. The van der Waals surface area contributed by atoms with Gasteiger partial charge in [0, 0.05) is 24.8 Å². The third-order valence-electron chi connectivity index (χ3n) is 2.89. The average Bonchev–Trinajstić information content (AvgIpc) is 2.86. The van der Waals surface area contributed by atoms with Gasteiger partial charge in [-0.2, -0.15) is 5.10 Å². The van der Waals surface area contributed by atoms with Gasteiger partial charge >= 0.3 is 0 Å². The van der Waals surface area contributed by atoms with E-state index < -0.39 is 0 Å². The Morgan fingerprint density at radius 1 is 1.33 bits per heavy atom. The summed E-state index contributed by atoms with van der Waals surface area (Å²) in [5, 5.41) is 4.22. The highest BCUT2D eigenvalue weighted by Gasteiger charge is 2.03. The molecule has 4 heteroatoms. The maximum Gasteiger partial charge on any atom is 0.123 e. The van der Waals surface area contributed by atoms with Crippen molar-refractivity contribution in [3.63, 3.8) is 0 Å². The van der Waals surface area contributed by atoms with E-state index in [0.29, 0.717) is 13.2 Å². The summed E-state index contributed by atoms with van der Waals surface area (Å²) < 4.78 is 7.70. The molecule has 4 nitrogen and oxygen atoms in total. The molecule has 0 spiro atoms. The van der Waals surface area contributed by atoms with Gasteiger partial charge in [-0.15, -0.1) is 0 Å². The number of rotatable bonds is 5. The topological polar surface area (TPSA) is 53.1 Å². The van der Waals surface area contributed by atoms with Crippen molar-refractivity contribution in [3.05, 3.63) is 47.3 Å². The van der Waals surface area contributed by atoms with Crippen LogP contribution in [0.3, 0.4) is 0 Å². The van der Waals surface area contributed by atoms with Gasteiger partial charge in [0.1, 0.15) is 12.4 Å². The van der Waals surface area contributed by atoms with E-state index in [4.69, 9.17) is 10.5 Å². The summed E-state index contributed by atoms with van der Waals surface area (Å²) in [5.41, 5.74) is 8.91. The first-order valence-corrected chi connectivity index (χ1v) is 6.16. The Hall–Kier alpha value is -1.81. The van der Waals surface area contributed by atoms with Crippen LogP contribution >= 0.6 is 0 Å². The fourth-order valence-electron chi connectivity index (χ4n) is 1.74. The molecule has 0 amide bonds. The molecular formula is C14H19N3O. The lowest BCUT2D eigenvalue weighted by Crippen LogP contribution is -2.00. The minimum Gasteiger partial charge on any atom is -0.489 e. The SMILES string of the molecule is CCn1cc(COc2cc(CN)ccc2C)cn1. The Balaban J connectivity index is 2.05. The first-order chi connectivity index (χ1) is 8.72. The van der Waals surface area contributed by atoms with Crippen molar-refractivity contribution in [2.45, 2.75) is 33.5 Å². The molecule has 0 aliphatic carbocycles. The molecule has 1 aromatic heterocycles. The van der Waals surface area contributed by atoms with E-state index in [9.17, 15) is 0 Å². The second-order valence-corrected chi connectivity index (χ2v) is 4.30. The highest BCUT2D eigenvalue weighted by molar-refractivity contribution is 5.36. The van der Waals surface area contributed by atoms with Gasteiger partial charge in [-0.3, -0.25) is 4.68 Å². The Morgan fingerprint density at radius 2 is 2.17 bits per heavy atom. The Labute approximate surface area is 107 Å². The van der Waals surface area contributed by atoms with Crippen LogP contribution in [-0.4, -0.2) is 9.78 Å². The summed E-state index contributed by atoms with van der Waals surface area (Å²) in [7, 11) is 0. The number of aromatic nitrogens is 2. The van der Waals surface area contributed by atoms with Gasteiger partial charge in [0.25, 0.3) is 0 Å². The van der Waals surface area contributed by atoms with E-state index in [1.54, 1.807) is 0 Å². The number of ether oxygens (including phenoxy) is 1. The molecule has 1 aromatic carbocycles. The quantitative estimate of drug-likeness (QED) is 0.879. The number of hydrogen-bond acceptors (Lipinski definition) is 3. The third kappa shape index (κ3) is 2.90. The van der Waals surface area contributed by atoms with E-state index in [1.165, 1.54) is 0 Å². The minimum atomic E-state index is 0.532. The fraction of sp³-hybridized carbons (Fsp3) is 0.357. The maximum atomic E-state index is 5.81. The van der Waals surface area contributed by atoms with Gasteiger partial charge in [-0.1, -0.05) is 12.1 Å². The Morgan fingerprint density at radius 3 is 2.83 bits per heavy atom. The van der Waals surface area contributed by atoms with Crippen molar-refractivity contribution in [1.29, 1.82) is 0 Å². The van der Waals surface area contributed by atoms with Crippen molar-refractivity contribution in [2.75, 3.05) is 0 Å². The lowest BCUT2D eigenvalue weighted by Gasteiger charge is -2.09. The molecule has 0 unspecified atom stereocenters. The molecule has 0 aliphatic rings. The molecule has 2 rings (SSSR count). The molecule has 1 heterocycles. The van der Waals surface area contributed by atoms with Crippen LogP contribution in [0.15, 0.2) is 30.6 Å². The van der Waals surface area contributed by atoms with Crippen LogP contribution in [0.25, 0.3) is 0 Å². The van der Waals surface area contributed by atoms with Gasteiger partial charge in [0.2, 0.25) is 0 Å². The molecule has 0 saturated carbocycles. The average molecular weight is 245 g/mol. The molecule has 0 saturated heterocycles. The van der Waals surface area contributed by atoms with E-state index in [0.717, 1.165) is 29.0 Å². The third-order valence-corrected chi connectivity index (χ3v) is 2.89. The fourth-order valence-corrected chi connectivity index (χ4v) is 1.74. The van der Waals surface area contributed by atoms with Crippen molar-refractivity contribution in [3.8, 4) is 5.75 Å². The molecule has 2 aromatic rings. The van der Waals surface area contributed by atoms with Crippen LogP contribution < -0.4 is 10.5 Å². The number of aryl methyl sites for hydroxylation is 2. The predicted octanol–water partition coefficient (Wildman–Crippen LogP) is 2.25. The van der Waals surface area contributed by atoms with Gasteiger partial charge < -0.3 is 10.5 Å². The van der Waals surface area contributed by atoms with Crippen LogP contribution in [-0.2, 0) is 19.7 Å². The highest BCUT2D eigenvalue weighted by Crippen LogP contribution is 2.20. The molecule has 0 bridgehead atoms. The number of nitrogens with two attached hydrogens (primary N) is 1. The lowest BCUT2D eigenvalue weighted by atomic mass is 10.1. The van der Waals surface area contributed by atoms with E-state index in [2.05, 4.69) is 12.0 Å². The Bertz CT molecular complexity index is 520. The summed E-state index contributed by atoms with van der Waals surface area (Å²) in [6, 6.07) is 6.06. The van der Waals surface area contributed by atoms with Crippen LogP contribution in [0.5, 0.6) is 5.75 Å². The smallest absolute Gasteiger partial charge is 0.123 e. The molecule has 18 heavy (non-hydrogen) atoms. The highest BCUT2D eigenvalue weighted by atomic mass is 16.5. The maximum absolute atomic E-state index is 5.81. The van der Waals surface area contributed by atoms with E-state index >= 15 is 0 Å². The van der Waals surface area contributed by atoms with Crippen LogP contribution in [0.2, 0.25) is 0 Å². The Kier molecular flexibility index (Phi) is 3.99. The van der Waals surface area contributed by atoms with Crippen molar-refractivity contribution in [1.82, 2.24) is 9.78 Å². The lowest BCUT2D eigenvalue weighted by molar-refractivity contribution is 0.303. The standard InChI is InChI=1S/C14H19N3O/c1-3-17-9-13(8-16-17)10-18-14-6-12(7-15)5-4-11(14)2/h4-6,8-9H,3,7,10,15H2,1-2H3. The summed E-state index contributed by atoms with van der Waals surface area (Å²) in [5.74, 6) is 0.891. The molecule has 2 N–H and O–H groups in total. The first kappa shape index (κ1) is 12.6. The molecule has 0 aliphatic heterocycles. The summed E-state index contributed by atoms with van der Waals surface area (Å²) in [6.07, 6.45) is 3.84. The second-order valence-electron chi connectivity index (χ2n) is 4.30. The second kappa shape index (κ2) is 5.69. The molecule has 0 radical (unpaired) electrons. The number of nitrogens with zero attached hydrogens (tertiary/aromatic N) is 2. The first-order valence-electron chi connectivity index (χ1n) is 6.16. The zero-order valence-electron chi connectivity index (χ0n) is 10.9. The van der Waals surface area contributed by atoms with Crippen LogP contribution in [0.1, 0.15) is 23.6 Å². The van der Waals surface area contributed by atoms with Gasteiger partial charge in [-0.05, 0) is 31.0 Å². The normalized spacial score (nSPS) is 10.6. The number of benzene rings is 1. The number of hydrogen-bond donors (Lipinski definition) is 1. The van der Waals surface area contributed by atoms with Crippen molar-refractivity contribution in [2.24, 2.45) is 5.73 Å². The zero-order chi connectivity index (χ0) is 13.0. The minimum absolute atomic E-state index is 0.532. The molecule has 96 valence electrons. The van der Waals surface area contributed by atoms with Crippen LogP contribution in [0, 0.1) is 6.92 Å². The summed E-state index contributed by atoms with van der Waals surface area (Å²) >= 11 is 0. The van der Waals surface area contributed by atoms with E-state index in [-0.39, 0.29) is 0 Å². The van der Waals surface area contributed by atoms with Crippen LogP contribution in [0.4, 0.5) is 0 Å². The summed E-state index contributed by atoms with van der Waals surface area (Å²) in [4.78, 5) is 0. The van der Waals surface area contributed by atoms with Gasteiger partial charge in [0.05, 0.1) is 6.20 Å². The predicted molar refractivity (Wildman–Crippen MR) is 71.3 cm³/mol. The van der Waals surface area contributed by atoms with Gasteiger partial charge in [0.15, 0.2) is 0 Å². The molecule has 0 fully saturated rings. The monoisotopic (exact) mass is 245 g/mol. The zero-order valence-corrected chi connectivity index (χ0v) is 10.9. The van der Waals surface area contributed by atoms with Crippen molar-refractivity contribution >= 4 is 0 Å². The largest absolute Gasteiger partial charge is 0.489 e. The van der Waals surface area contributed by atoms with Crippen molar-refractivity contribution < 1.29 is 4.74 Å². The van der Waals surface area contributed by atoms with E-state index in [1.807, 2.05) is 42.2 Å². The summed E-state index contributed by atoms with van der Waals surface area (Å²) in [6.45, 7) is 6.04. The molecular weight excluding hydrogens is 226 g/mol.